The standard InChI is InChI=1S/C13H21N3O.HI/c1-10-7-8-17-12(10)9-15-13(14)16-11-5-3-2-4-6-11;/h7-8,11H,2-6,9H2,1H3,(H3,14,15,16);1H. The predicted molar refractivity (Wildman–Crippen MR) is 84.2 cm³/mol. The van der Waals surface area contributed by atoms with Crippen molar-refractivity contribution in [1.29, 1.82) is 0 Å². The smallest absolute Gasteiger partial charge is 0.189 e. The third-order valence-corrected chi connectivity index (χ3v) is 3.32. The molecule has 102 valence electrons. The molecule has 0 aromatic carbocycles. The van der Waals surface area contributed by atoms with Gasteiger partial charge in [0.15, 0.2) is 5.96 Å². The van der Waals surface area contributed by atoms with Crippen LogP contribution >= 0.6 is 24.0 Å². The average molecular weight is 363 g/mol. The first-order valence-corrected chi connectivity index (χ1v) is 6.35. The lowest BCUT2D eigenvalue weighted by Crippen LogP contribution is -2.41. The van der Waals surface area contributed by atoms with E-state index in [0.29, 0.717) is 18.5 Å². The quantitative estimate of drug-likeness (QED) is 0.493. The van der Waals surface area contributed by atoms with E-state index in [1.807, 2.05) is 13.0 Å². The van der Waals surface area contributed by atoms with Gasteiger partial charge in [0.05, 0.1) is 6.26 Å². The van der Waals surface area contributed by atoms with E-state index in [2.05, 4.69) is 10.3 Å². The summed E-state index contributed by atoms with van der Waals surface area (Å²) in [6.07, 6.45) is 8.03. The zero-order valence-corrected chi connectivity index (χ0v) is 13.1. The van der Waals surface area contributed by atoms with Crippen LogP contribution in [-0.4, -0.2) is 12.0 Å². The summed E-state index contributed by atoms with van der Waals surface area (Å²) in [5.41, 5.74) is 6.99. The molecule has 1 aromatic rings. The van der Waals surface area contributed by atoms with E-state index in [0.717, 1.165) is 11.3 Å². The molecule has 18 heavy (non-hydrogen) atoms. The number of hydrogen-bond acceptors (Lipinski definition) is 2. The fourth-order valence-electron chi connectivity index (χ4n) is 2.22. The lowest BCUT2D eigenvalue weighted by Gasteiger charge is -2.23. The third kappa shape index (κ3) is 4.51. The molecular weight excluding hydrogens is 341 g/mol. The van der Waals surface area contributed by atoms with Crippen LogP contribution in [0.2, 0.25) is 0 Å². The van der Waals surface area contributed by atoms with Crippen LogP contribution in [0.3, 0.4) is 0 Å². The minimum atomic E-state index is 0. The summed E-state index contributed by atoms with van der Waals surface area (Å²) in [5.74, 6) is 1.42. The van der Waals surface area contributed by atoms with Crippen LogP contribution in [-0.2, 0) is 6.54 Å². The molecular formula is C13H22IN3O. The van der Waals surface area contributed by atoms with Gasteiger partial charge in [-0.3, -0.25) is 0 Å². The van der Waals surface area contributed by atoms with Gasteiger partial charge in [0.25, 0.3) is 0 Å². The number of guanidine groups is 1. The zero-order chi connectivity index (χ0) is 12.1. The Kier molecular flexibility index (Phi) is 6.52. The van der Waals surface area contributed by atoms with Crippen molar-refractivity contribution in [2.45, 2.75) is 51.6 Å². The summed E-state index contributed by atoms with van der Waals surface area (Å²) in [5, 5.41) is 3.29. The minimum Gasteiger partial charge on any atom is -0.467 e. The molecule has 0 unspecified atom stereocenters. The second kappa shape index (κ2) is 7.66. The SMILES string of the molecule is Cc1ccoc1CN=C(N)NC1CCCCC1.I. The molecule has 1 aliphatic rings. The second-order valence-corrected chi connectivity index (χ2v) is 4.71. The third-order valence-electron chi connectivity index (χ3n) is 3.32. The number of hydrogen-bond donors (Lipinski definition) is 2. The van der Waals surface area contributed by atoms with E-state index < -0.39 is 0 Å². The topological polar surface area (TPSA) is 63.5 Å². The number of aliphatic imine (C=N–C) groups is 1. The van der Waals surface area contributed by atoms with Crippen LogP contribution < -0.4 is 11.1 Å². The number of nitrogens with one attached hydrogen (secondary N) is 1. The normalized spacial score (nSPS) is 17.3. The van der Waals surface area contributed by atoms with E-state index in [1.165, 1.54) is 32.1 Å². The van der Waals surface area contributed by atoms with Gasteiger partial charge >= 0.3 is 0 Å². The van der Waals surface area contributed by atoms with Gasteiger partial charge in [-0.2, -0.15) is 0 Å². The van der Waals surface area contributed by atoms with Gasteiger partial charge in [0, 0.05) is 6.04 Å². The number of halogens is 1. The molecule has 1 aromatic heterocycles. The molecule has 1 saturated carbocycles. The Hall–Kier alpha value is -0.720. The fourth-order valence-corrected chi connectivity index (χ4v) is 2.22. The van der Waals surface area contributed by atoms with Crippen LogP contribution in [0, 0.1) is 6.92 Å². The molecule has 3 N–H and O–H groups in total. The Balaban J connectivity index is 0.00000162. The molecule has 0 bridgehead atoms. The van der Waals surface area contributed by atoms with Crippen molar-refractivity contribution < 1.29 is 4.42 Å². The van der Waals surface area contributed by atoms with Crippen molar-refractivity contribution in [2.75, 3.05) is 0 Å². The molecule has 0 radical (unpaired) electrons. The number of aryl methyl sites for hydroxylation is 1. The van der Waals surface area contributed by atoms with Crippen molar-refractivity contribution in [1.82, 2.24) is 5.32 Å². The maximum Gasteiger partial charge on any atom is 0.189 e. The highest BCUT2D eigenvalue weighted by Crippen LogP contribution is 2.17. The Bertz CT molecular complexity index is 383. The Morgan fingerprint density at radius 3 is 2.78 bits per heavy atom. The summed E-state index contributed by atoms with van der Waals surface area (Å²) in [6, 6.07) is 2.44. The molecule has 1 aliphatic carbocycles. The number of rotatable bonds is 3. The monoisotopic (exact) mass is 363 g/mol. The van der Waals surface area contributed by atoms with Crippen LogP contribution in [0.4, 0.5) is 0 Å². The molecule has 1 fully saturated rings. The summed E-state index contributed by atoms with van der Waals surface area (Å²) < 4.78 is 5.31. The maximum atomic E-state index is 5.87. The Morgan fingerprint density at radius 1 is 1.44 bits per heavy atom. The Labute approximate surface area is 125 Å². The molecule has 0 spiro atoms. The summed E-state index contributed by atoms with van der Waals surface area (Å²) in [6.45, 7) is 2.53. The van der Waals surface area contributed by atoms with Gasteiger partial charge in [-0.25, -0.2) is 4.99 Å². The second-order valence-electron chi connectivity index (χ2n) is 4.71. The molecule has 0 saturated heterocycles. The molecule has 4 nitrogen and oxygen atoms in total. The number of nitrogens with two attached hydrogens (primary N) is 1. The van der Waals surface area contributed by atoms with E-state index in [-0.39, 0.29) is 24.0 Å². The highest BCUT2D eigenvalue weighted by atomic mass is 127. The van der Waals surface area contributed by atoms with Crippen molar-refractivity contribution in [2.24, 2.45) is 10.7 Å². The van der Waals surface area contributed by atoms with Gasteiger partial charge in [0.1, 0.15) is 12.3 Å². The van der Waals surface area contributed by atoms with Crippen molar-refractivity contribution in [3.63, 3.8) is 0 Å². The number of nitrogens with zero attached hydrogens (tertiary/aromatic N) is 1. The highest BCUT2D eigenvalue weighted by molar-refractivity contribution is 14.0. The van der Waals surface area contributed by atoms with Crippen LogP contribution in [0.5, 0.6) is 0 Å². The molecule has 1 heterocycles. The molecule has 5 heteroatoms. The molecule has 0 aliphatic heterocycles. The van der Waals surface area contributed by atoms with Gasteiger partial charge in [0.2, 0.25) is 0 Å². The minimum absolute atomic E-state index is 0. The average Bonchev–Trinajstić information content (AvgIpc) is 2.74. The lowest BCUT2D eigenvalue weighted by molar-refractivity contribution is 0.412. The van der Waals surface area contributed by atoms with E-state index in [4.69, 9.17) is 10.2 Å². The molecule has 0 amide bonds. The molecule has 0 atom stereocenters. The first-order valence-electron chi connectivity index (χ1n) is 6.35. The van der Waals surface area contributed by atoms with Gasteiger partial charge in [-0.1, -0.05) is 19.3 Å². The summed E-state index contributed by atoms with van der Waals surface area (Å²) >= 11 is 0. The highest BCUT2D eigenvalue weighted by Gasteiger charge is 2.13. The largest absolute Gasteiger partial charge is 0.467 e. The van der Waals surface area contributed by atoms with E-state index in [9.17, 15) is 0 Å². The van der Waals surface area contributed by atoms with Crippen LogP contribution in [0.15, 0.2) is 21.7 Å². The van der Waals surface area contributed by atoms with Crippen LogP contribution in [0.1, 0.15) is 43.4 Å². The van der Waals surface area contributed by atoms with E-state index >= 15 is 0 Å². The lowest BCUT2D eigenvalue weighted by atomic mass is 9.96. The van der Waals surface area contributed by atoms with Gasteiger partial charge in [-0.05, 0) is 31.4 Å². The first-order chi connectivity index (χ1) is 8.25. The summed E-state index contributed by atoms with van der Waals surface area (Å²) in [7, 11) is 0. The van der Waals surface area contributed by atoms with Crippen molar-refractivity contribution in [3.8, 4) is 0 Å². The van der Waals surface area contributed by atoms with Crippen molar-refractivity contribution in [3.05, 3.63) is 23.7 Å². The Morgan fingerprint density at radius 2 is 2.17 bits per heavy atom. The van der Waals surface area contributed by atoms with Gasteiger partial charge < -0.3 is 15.5 Å². The first kappa shape index (κ1) is 15.3. The van der Waals surface area contributed by atoms with Crippen LogP contribution in [0.25, 0.3) is 0 Å². The van der Waals surface area contributed by atoms with E-state index in [1.54, 1.807) is 6.26 Å². The van der Waals surface area contributed by atoms with Gasteiger partial charge in [-0.15, -0.1) is 24.0 Å². The van der Waals surface area contributed by atoms with Crippen molar-refractivity contribution >= 4 is 29.9 Å². The fraction of sp³-hybridized carbons (Fsp3) is 0.615. The summed E-state index contributed by atoms with van der Waals surface area (Å²) in [4.78, 5) is 4.31. The number of furan rings is 1. The predicted octanol–water partition coefficient (Wildman–Crippen LogP) is 2.94. The molecule has 2 rings (SSSR count). The maximum absolute atomic E-state index is 5.87. The zero-order valence-electron chi connectivity index (χ0n) is 10.8.